The van der Waals surface area contributed by atoms with Crippen molar-refractivity contribution in [3.05, 3.63) is 71.5 Å². The number of allylic oxidation sites excluding steroid dienone is 1. The third-order valence-corrected chi connectivity index (χ3v) is 4.52. The number of rotatable bonds is 3. The summed E-state index contributed by atoms with van der Waals surface area (Å²) in [6.07, 6.45) is 5.67. The number of ketones is 2. The van der Waals surface area contributed by atoms with E-state index in [0.29, 0.717) is 24.2 Å². The van der Waals surface area contributed by atoms with Crippen LogP contribution in [0.1, 0.15) is 41.2 Å². The number of carbonyl (C=O) groups is 2. The van der Waals surface area contributed by atoms with Gasteiger partial charge in [0.2, 0.25) is 5.78 Å². The van der Waals surface area contributed by atoms with Crippen LogP contribution in [-0.4, -0.2) is 27.6 Å². The molecule has 1 aliphatic carbocycles. The Morgan fingerprint density at radius 3 is 2.71 bits per heavy atom. The molecule has 120 valence electrons. The van der Waals surface area contributed by atoms with Gasteiger partial charge in [-0.3, -0.25) is 14.6 Å². The number of ether oxygens (including phenoxy) is 1. The van der Waals surface area contributed by atoms with Gasteiger partial charge in [0.1, 0.15) is 11.5 Å². The number of aromatic nitrogens is 2. The number of hydrogen-bond donors (Lipinski definition) is 0. The number of Topliss-reactive ketones (excluding diaryl/α,β-unsaturated/α-hetero) is 2. The molecule has 1 aromatic heterocycles. The van der Waals surface area contributed by atoms with Crippen molar-refractivity contribution >= 4 is 11.6 Å². The number of nitrogens with zero attached hydrogens (tertiary/aromatic N) is 2. The minimum atomic E-state index is -0.754. The van der Waals surface area contributed by atoms with Gasteiger partial charge in [-0.25, -0.2) is 4.98 Å². The Bertz CT molecular complexity index is 815. The summed E-state index contributed by atoms with van der Waals surface area (Å²) in [5.41, 5.74) is 1.84. The summed E-state index contributed by atoms with van der Waals surface area (Å²) >= 11 is 0. The second-order valence-electron chi connectivity index (χ2n) is 6.00. The molecule has 5 heteroatoms. The summed E-state index contributed by atoms with van der Waals surface area (Å²) in [6.45, 7) is 0. The molecule has 4 rings (SSSR count). The predicted molar refractivity (Wildman–Crippen MR) is 86.3 cm³/mol. The summed E-state index contributed by atoms with van der Waals surface area (Å²) in [5, 5.41) is 0. The van der Waals surface area contributed by atoms with Crippen molar-refractivity contribution in [3.63, 3.8) is 0 Å². The molecule has 1 aromatic carbocycles. The smallest absolute Gasteiger partial charge is 0.224 e. The lowest BCUT2D eigenvalue weighted by Gasteiger charge is -2.20. The normalized spacial score (nSPS) is 22.9. The highest BCUT2D eigenvalue weighted by Gasteiger charge is 2.46. The van der Waals surface area contributed by atoms with Gasteiger partial charge in [-0.1, -0.05) is 30.3 Å². The van der Waals surface area contributed by atoms with Gasteiger partial charge in [0, 0.05) is 30.8 Å². The zero-order valence-electron chi connectivity index (χ0n) is 13.0. The van der Waals surface area contributed by atoms with Gasteiger partial charge in [-0.15, -0.1) is 0 Å². The number of hydrogen-bond acceptors (Lipinski definition) is 5. The monoisotopic (exact) mass is 320 g/mol. The molecule has 0 N–H and O–H groups in total. The van der Waals surface area contributed by atoms with E-state index in [1.165, 1.54) is 18.6 Å². The largest absolute Gasteiger partial charge is 0.485 e. The maximum Gasteiger partial charge on any atom is 0.224 e. The van der Waals surface area contributed by atoms with Crippen molar-refractivity contribution in [2.45, 2.75) is 31.3 Å². The second kappa shape index (κ2) is 6.00. The first-order chi connectivity index (χ1) is 11.8. The van der Waals surface area contributed by atoms with Crippen LogP contribution in [0.2, 0.25) is 0 Å². The zero-order chi connectivity index (χ0) is 16.5. The van der Waals surface area contributed by atoms with Crippen LogP contribution in [0.3, 0.4) is 0 Å². The van der Waals surface area contributed by atoms with Crippen molar-refractivity contribution < 1.29 is 14.3 Å². The molecule has 0 bridgehead atoms. The Morgan fingerprint density at radius 2 is 1.96 bits per heavy atom. The SMILES string of the molecule is O=C1CCCC2=C1[C@@H](c1ccccc1)[C@H](C(=O)c1cnccn1)O2. The molecule has 0 unspecified atom stereocenters. The fourth-order valence-electron chi connectivity index (χ4n) is 3.46. The van der Waals surface area contributed by atoms with Crippen molar-refractivity contribution in [1.82, 2.24) is 9.97 Å². The molecule has 2 aliphatic rings. The highest BCUT2D eigenvalue weighted by atomic mass is 16.5. The Hall–Kier alpha value is -2.82. The van der Waals surface area contributed by atoms with Crippen molar-refractivity contribution in [3.8, 4) is 0 Å². The molecule has 2 atom stereocenters. The zero-order valence-corrected chi connectivity index (χ0v) is 13.0. The van der Waals surface area contributed by atoms with E-state index in [1.807, 2.05) is 30.3 Å². The lowest BCUT2D eigenvalue weighted by Crippen LogP contribution is -2.29. The third kappa shape index (κ3) is 2.42. The fourth-order valence-corrected chi connectivity index (χ4v) is 3.46. The molecule has 1 aliphatic heterocycles. The van der Waals surface area contributed by atoms with Crippen LogP contribution < -0.4 is 0 Å². The van der Waals surface area contributed by atoms with Gasteiger partial charge in [-0.05, 0) is 12.0 Å². The first kappa shape index (κ1) is 14.8. The quantitative estimate of drug-likeness (QED) is 0.813. The van der Waals surface area contributed by atoms with Crippen LogP contribution in [0.15, 0.2) is 60.3 Å². The minimum absolute atomic E-state index is 0.0829. The van der Waals surface area contributed by atoms with E-state index in [9.17, 15) is 9.59 Å². The molecule has 0 amide bonds. The van der Waals surface area contributed by atoms with Gasteiger partial charge in [-0.2, -0.15) is 0 Å². The molecule has 0 saturated heterocycles. The lowest BCUT2D eigenvalue weighted by molar-refractivity contribution is -0.116. The maximum absolute atomic E-state index is 12.9. The molecule has 2 heterocycles. The molecular weight excluding hydrogens is 304 g/mol. The number of benzene rings is 1. The number of carbonyl (C=O) groups excluding carboxylic acids is 2. The maximum atomic E-state index is 12.9. The highest BCUT2D eigenvalue weighted by Crippen LogP contribution is 2.44. The predicted octanol–water partition coefficient (Wildman–Crippen LogP) is 2.85. The summed E-state index contributed by atoms with van der Waals surface area (Å²) < 4.78 is 5.96. The van der Waals surface area contributed by atoms with Crippen LogP contribution in [0.5, 0.6) is 0 Å². The average molecular weight is 320 g/mol. The van der Waals surface area contributed by atoms with E-state index < -0.39 is 6.10 Å². The van der Waals surface area contributed by atoms with E-state index in [1.54, 1.807) is 0 Å². The molecule has 2 aromatic rings. The van der Waals surface area contributed by atoms with Crippen molar-refractivity contribution in [2.24, 2.45) is 0 Å². The first-order valence-electron chi connectivity index (χ1n) is 8.04. The Balaban J connectivity index is 1.77. The molecule has 0 fully saturated rings. The van der Waals surface area contributed by atoms with Gasteiger partial charge in [0.15, 0.2) is 11.9 Å². The van der Waals surface area contributed by atoms with Crippen molar-refractivity contribution in [1.29, 1.82) is 0 Å². The van der Waals surface area contributed by atoms with Gasteiger partial charge in [0.05, 0.1) is 12.1 Å². The van der Waals surface area contributed by atoms with E-state index >= 15 is 0 Å². The molecule has 5 nitrogen and oxygen atoms in total. The summed E-state index contributed by atoms with van der Waals surface area (Å²) in [7, 11) is 0. The standard InChI is InChI=1S/C19H16N2O3/c22-14-7-4-8-15-17(14)16(12-5-2-1-3-6-12)19(24-15)18(23)13-11-20-9-10-21-13/h1-3,5-6,9-11,16,19H,4,7-8H2/t16-,19-/m1/s1. The molecule has 0 spiro atoms. The second-order valence-corrected chi connectivity index (χ2v) is 6.00. The summed E-state index contributed by atoms with van der Waals surface area (Å²) in [6, 6.07) is 9.60. The molecule has 0 saturated carbocycles. The lowest BCUT2D eigenvalue weighted by atomic mass is 9.80. The van der Waals surface area contributed by atoms with Gasteiger partial charge < -0.3 is 4.74 Å². The Morgan fingerprint density at radius 1 is 1.12 bits per heavy atom. The highest BCUT2D eigenvalue weighted by molar-refractivity contribution is 6.04. The topological polar surface area (TPSA) is 69.2 Å². The van der Waals surface area contributed by atoms with E-state index in [0.717, 1.165) is 12.0 Å². The van der Waals surface area contributed by atoms with Crippen molar-refractivity contribution in [2.75, 3.05) is 0 Å². The Labute approximate surface area is 139 Å². The Kier molecular flexibility index (Phi) is 3.69. The molecule has 24 heavy (non-hydrogen) atoms. The summed E-state index contributed by atoms with van der Waals surface area (Å²) in [4.78, 5) is 33.5. The van der Waals surface area contributed by atoms with Crippen LogP contribution in [0.4, 0.5) is 0 Å². The minimum Gasteiger partial charge on any atom is -0.485 e. The van der Waals surface area contributed by atoms with Gasteiger partial charge >= 0.3 is 0 Å². The van der Waals surface area contributed by atoms with E-state index in [2.05, 4.69) is 9.97 Å². The van der Waals surface area contributed by atoms with Crippen LogP contribution in [-0.2, 0) is 9.53 Å². The molecule has 0 radical (unpaired) electrons. The summed E-state index contributed by atoms with van der Waals surface area (Å²) in [5.74, 6) is 0.143. The van der Waals surface area contributed by atoms with E-state index in [-0.39, 0.29) is 23.2 Å². The third-order valence-electron chi connectivity index (χ3n) is 4.52. The van der Waals surface area contributed by atoms with E-state index in [4.69, 9.17) is 4.74 Å². The van der Waals surface area contributed by atoms with Crippen LogP contribution in [0, 0.1) is 0 Å². The van der Waals surface area contributed by atoms with Crippen LogP contribution in [0.25, 0.3) is 0 Å². The molecular formula is C19H16N2O3. The van der Waals surface area contributed by atoms with Crippen LogP contribution >= 0.6 is 0 Å². The first-order valence-corrected chi connectivity index (χ1v) is 8.04. The average Bonchev–Trinajstić information content (AvgIpc) is 3.03. The fraction of sp³-hybridized carbons (Fsp3) is 0.263. The van der Waals surface area contributed by atoms with Gasteiger partial charge in [0.25, 0.3) is 0 Å².